The molecule has 4 aliphatic rings. The number of nitrogens with zero attached hydrogens (tertiary/aromatic N) is 3. The number of azide groups is 1. The molecular formula is C9H13N3. The third kappa shape index (κ3) is 0.656. The fourth-order valence-corrected chi connectivity index (χ4v) is 4.01. The summed E-state index contributed by atoms with van der Waals surface area (Å²) in [6.07, 6.45) is 6.49. The molecule has 4 saturated carbocycles. The van der Waals surface area contributed by atoms with E-state index in [1.54, 1.807) is 0 Å². The number of hydrogen-bond acceptors (Lipinski definition) is 1. The molecule has 0 heterocycles. The second kappa shape index (κ2) is 1.97. The van der Waals surface area contributed by atoms with Crippen LogP contribution in [-0.2, 0) is 0 Å². The van der Waals surface area contributed by atoms with E-state index in [1.165, 1.54) is 32.1 Å². The molecule has 4 rings (SSSR count). The second-order valence-corrected chi connectivity index (χ2v) is 4.84. The van der Waals surface area contributed by atoms with Gasteiger partial charge >= 0.3 is 0 Å². The summed E-state index contributed by atoms with van der Waals surface area (Å²) in [5.41, 5.74) is 8.61. The van der Waals surface area contributed by atoms with Crippen LogP contribution in [-0.4, -0.2) is 5.54 Å². The zero-order valence-corrected chi connectivity index (χ0v) is 7.11. The SMILES string of the molecule is [N-]=[N+]=NC12C[C@H]3CC1C[C@@H](C3)C2. The molecule has 0 aromatic heterocycles. The van der Waals surface area contributed by atoms with Crippen molar-refractivity contribution in [3.05, 3.63) is 10.4 Å². The number of rotatable bonds is 1. The van der Waals surface area contributed by atoms with Crippen LogP contribution in [0.3, 0.4) is 0 Å². The van der Waals surface area contributed by atoms with Gasteiger partial charge in [0.1, 0.15) is 0 Å². The minimum atomic E-state index is 0.0856. The third-order valence-corrected chi connectivity index (χ3v) is 4.19. The molecule has 0 N–H and O–H groups in total. The van der Waals surface area contributed by atoms with Crippen LogP contribution in [0.15, 0.2) is 5.11 Å². The van der Waals surface area contributed by atoms with Crippen molar-refractivity contribution in [2.45, 2.75) is 37.6 Å². The molecule has 12 heavy (non-hydrogen) atoms. The summed E-state index contributed by atoms with van der Waals surface area (Å²) in [4.78, 5) is 3.03. The molecule has 0 unspecified atom stereocenters. The Bertz CT molecular complexity index is 253. The highest BCUT2D eigenvalue weighted by atomic mass is 15.2. The van der Waals surface area contributed by atoms with Crippen LogP contribution in [0.1, 0.15) is 32.1 Å². The predicted molar refractivity (Wildman–Crippen MR) is 45.4 cm³/mol. The summed E-state index contributed by atoms with van der Waals surface area (Å²) in [5, 5.41) is 4.08. The molecule has 4 bridgehead atoms. The molecule has 64 valence electrons. The van der Waals surface area contributed by atoms with Gasteiger partial charge in [-0.2, -0.15) is 0 Å². The molecule has 0 aliphatic heterocycles. The van der Waals surface area contributed by atoms with Gasteiger partial charge in [-0.05, 0) is 55.4 Å². The molecular weight excluding hydrogens is 150 g/mol. The lowest BCUT2D eigenvalue weighted by molar-refractivity contribution is 0.267. The van der Waals surface area contributed by atoms with Gasteiger partial charge in [-0.15, -0.1) is 0 Å². The van der Waals surface area contributed by atoms with Gasteiger partial charge in [0.05, 0.1) is 5.54 Å². The first-order valence-electron chi connectivity index (χ1n) is 4.89. The van der Waals surface area contributed by atoms with Crippen molar-refractivity contribution < 1.29 is 0 Å². The Balaban J connectivity index is 2.03. The normalized spacial score (nSPS) is 54.2. The lowest BCUT2D eigenvalue weighted by atomic mass is 9.81. The highest BCUT2D eigenvalue weighted by Gasteiger charge is 2.57. The largest absolute Gasteiger partial charge is 0.0870 e. The Morgan fingerprint density at radius 2 is 1.83 bits per heavy atom. The van der Waals surface area contributed by atoms with E-state index in [1.807, 2.05) is 0 Å². The van der Waals surface area contributed by atoms with E-state index in [0.29, 0.717) is 0 Å². The third-order valence-electron chi connectivity index (χ3n) is 4.19. The fourth-order valence-electron chi connectivity index (χ4n) is 4.01. The molecule has 3 nitrogen and oxygen atoms in total. The van der Waals surface area contributed by atoms with E-state index in [2.05, 4.69) is 10.0 Å². The van der Waals surface area contributed by atoms with E-state index in [9.17, 15) is 0 Å². The Labute approximate surface area is 71.8 Å². The van der Waals surface area contributed by atoms with Crippen LogP contribution in [0.5, 0.6) is 0 Å². The first-order chi connectivity index (χ1) is 5.82. The Hall–Kier alpha value is -0.690. The summed E-state index contributed by atoms with van der Waals surface area (Å²) in [6, 6.07) is 0. The van der Waals surface area contributed by atoms with Gasteiger partial charge in [0.2, 0.25) is 0 Å². The zero-order valence-electron chi connectivity index (χ0n) is 7.11. The van der Waals surface area contributed by atoms with Gasteiger partial charge in [0, 0.05) is 4.91 Å². The van der Waals surface area contributed by atoms with Crippen LogP contribution >= 0.6 is 0 Å². The Kier molecular flexibility index (Phi) is 1.11. The first kappa shape index (κ1) is 6.79. The smallest absolute Gasteiger partial charge is 0.0521 e. The minimum Gasteiger partial charge on any atom is -0.0870 e. The van der Waals surface area contributed by atoms with Crippen LogP contribution < -0.4 is 0 Å². The average molecular weight is 163 g/mol. The van der Waals surface area contributed by atoms with Gasteiger partial charge in [0.25, 0.3) is 0 Å². The fraction of sp³-hybridized carbons (Fsp3) is 1.00. The maximum atomic E-state index is 8.53. The van der Waals surface area contributed by atoms with Gasteiger partial charge in [-0.25, -0.2) is 0 Å². The minimum absolute atomic E-state index is 0.0856. The molecule has 4 aliphatic carbocycles. The first-order valence-corrected chi connectivity index (χ1v) is 4.89. The second-order valence-electron chi connectivity index (χ2n) is 4.84. The van der Waals surface area contributed by atoms with E-state index in [4.69, 9.17) is 5.53 Å². The Morgan fingerprint density at radius 1 is 1.17 bits per heavy atom. The summed E-state index contributed by atoms with van der Waals surface area (Å²) >= 11 is 0. The van der Waals surface area contributed by atoms with Crippen molar-refractivity contribution >= 4 is 0 Å². The van der Waals surface area contributed by atoms with Crippen molar-refractivity contribution in [2.75, 3.05) is 0 Å². The van der Waals surface area contributed by atoms with Crippen LogP contribution in [0, 0.1) is 17.8 Å². The van der Waals surface area contributed by atoms with E-state index in [-0.39, 0.29) is 5.54 Å². The lowest BCUT2D eigenvalue weighted by Crippen LogP contribution is -2.26. The van der Waals surface area contributed by atoms with Gasteiger partial charge in [0.15, 0.2) is 0 Å². The van der Waals surface area contributed by atoms with Crippen molar-refractivity contribution in [2.24, 2.45) is 22.9 Å². The molecule has 0 spiro atoms. The molecule has 0 aromatic rings. The average Bonchev–Trinajstić information content (AvgIpc) is 2.36. The summed E-state index contributed by atoms with van der Waals surface area (Å²) < 4.78 is 0. The Morgan fingerprint density at radius 3 is 2.42 bits per heavy atom. The maximum Gasteiger partial charge on any atom is 0.0521 e. The van der Waals surface area contributed by atoms with E-state index < -0.39 is 0 Å². The zero-order chi connectivity index (χ0) is 8.18. The van der Waals surface area contributed by atoms with Crippen molar-refractivity contribution in [3.8, 4) is 0 Å². The summed E-state index contributed by atoms with van der Waals surface area (Å²) in [5.74, 6) is 2.54. The molecule has 2 atom stereocenters. The summed E-state index contributed by atoms with van der Waals surface area (Å²) in [7, 11) is 0. The molecule has 0 saturated heterocycles. The standard InChI is InChI=1S/C9H13N3/c10-12-11-9-4-6-1-7(5-9)3-8(9)2-6/h6-8H,1-5H2/t6-,7-,8?,9?/m1/s1. The highest BCUT2D eigenvalue weighted by Crippen LogP contribution is 2.62. The van der Waals surface area contributed by atoms with Crippen molar-refractivity contribution in [1.29, 1.82) is 0 Å². The van der Waals surface area contributed by atoms with Crippen LogP contribution in [0.4, 0.5) is 0 Å². The number of hydrogen-bond donors (Lipinski definition) is 0. The van der Waals surface area contributed by atoms with E-state index in [0.717, 1.165) is 17.8 Å². The van der Waals surface area contributed by atoms with E-state index >= 15 is 0 Å². The lowest BCUT2D eigenvalue weighted by Gasteiger charge is -2.28. The molecule has 0 aromatic carbocycles. The van der Waals surface area contributed by atoms with Gasteiger partial charge in [-0.1, -0.05) is 5.11 Å². The van der Waals surface area contributed by atoms with Crippen molar-refractivity contribution in [3.63, 3.8) is 0 Å². The van der Waals surface area contributed by atoms with Gasteiger partial charge in [-0.3, -0.25) is 0 Å². The topological polar surface area (TPSA) is 48.8 Å². The molecule has 0 radical (unpaired) electrons. The van der Waals surface area contributed by atoms with Crippen LogP contribution in [0.25, 0.3) is 10.4 Å². The maximum absolute atomic E-state index is 8.53. The molecule has 4 fully saturated rings. The van der Waals surface area contributed by atoms with Gasteiger partial charge < -0.3 is 0 Å². The highest BCUT2D eigenvalue weighted by molar-refractivity contribution is 5.12. The van der Waals surface area contributed by atoms with Crippen molar-refractivity contribution in [1.82, 2.24) is 0 Å². The monoisotopic (exact) mass is 163 g/mol. The predicted octanol–water partition coefficient (Wildman–Crippen LogP) is 2.88. The van der Waals surface area contributed by atoms with Crippen LogP contribution in [0.2, 0.25) is 0 Å². The quantitative estimate of drug-likeness (QED) is 0.324. The summed E-state index contributed by atoms with van der Waals surface area (Å²) in [6.45, 7) is 0. The molecule has 0 amide bonds. The molecule has 3 heteroatoms.